The van der Waals surface area contributed by atoms with Crippen LogP contribution in [-0.2, 0) is 73.5 Å². The largest absolute Gasteiger partial charge is 0.480 e. The van der Waals surface area contributed by atoms with Crippen molar-refractivity contribution in [1.29, 1.82) is 0 Å². The number of thioether (sulfide) groups is 1. The standard InChI is InChI=1S/C72H124N14O16S/c1-22-43(18)58(71(100)78-48(30-35(2)3)61(90)80-52(34-87)65(94)74-44(19)59(88)75-45(20)72(101)102)86-64(93)51(33-46-26-24-23-25-27-46)79-68(97)55(40(12)13)84-70(99)57(42(16)17)85-69(98)56(41(14)15)83-63(92)50(32-37(6)7)77-67(96)54(39(10)11)82-62(91)49(31-36(4)5)76-66(95)53(38(8)9)81-60(89)47(73)28-29-103-21/h23-27,35-45,47-58,87H,22,28-34,73H2,1-21H3,(H,74,94)(H,75,88)(H,76,95)(H,77,96)(H,78,100)(H,79,97)(H,80,90)(H,81,89)(H,82,91)(H,83,92)(H,84,99)(H,85,98)(H,86,93)(H,101,102)/t43-,44-,45-,47-,48-,49-,50-,51-,52-,53-,54-,55-,56-,57-,58-/m0/s1. The summed E-state index contributed by atoms with van der Waals surface area (Å²) in [5.41, 5.74) is 6.71. The number of hydrogen-bond donors (Lipinski definition) is 16. The first-order chi connectivity index (χ1) is 47.9. The number of carboxylic acids is 1. The molecule has 0 aromatic heterocycles. The molecule has 0 aliphatic carbocycles. The zero-order valence-corrected chi connectivity index (χ0v) is 65.2. The van der Waals surface area contributed by atoms with Gasteiger partial charge in [0.1, 0.15) is 78.5 Å². The highest BCUT2D eigenvalue weighted by Gasteiger charge is 2.40. The molecule has 0 aliphatic heterocycles. The third-order valence-electron chi connectivity index (χ3n) is 17.2. The predicted molar refractivity (Wildman–Crippen MR) is 394 cm³/mol. The van der Waals surface area contributed by atoms with Crippen LogP contribution in [0, 0.1) is 53.3 Å². The Bertz CT molecular complexity index is 2970. The smallest absolute Gasteiger partial charge is 0.325 e. The number of hydrogen-bond acceptors (Lipinski definition) is 17. The molecule has 0 bridgehead atoms. The van der Waals surface area contributed by atoms with Crippen molar-refractivity contribution in [2.24, 2.45) is 59.0 Å². The van der Waals surface area contributed by atoms with Gasteiger partial charge >= 0.3 is 5.97 Å². The van der Waals surface area contributed by atoms with Gasteiger partial charge in [-0.1, -0.05) is 161 Å². The summed E-state index contributed by atoms with van der Waals surface area (Å²) in [7, 11) is 0. The predicted octanol–water partition coefficient (Wildman–Crippen LogP) is 1.19. The molecule has 0 unspecified atom stereocenters. The quantitative estimate of drug-likeness (QED) is 0.0436. The molecule has 1 aromatic rings. The van der Waals surface area contributed by atoms with Gasteiger partial charge in [0.2, 0.25) is 76.8 Å². The number of nitrogens with two attached hydrogens (primary N) is 1. The highest BCUT2D eigenvalue weighted by atomic mass is 32.2. The molecule has 0 saturated heterocycles. The number of aliphatic hydroxyl groups excluding tert-OH is 1. The Morgan fingerprint density at radius 3 is 1.00 bits per heavy atom. The second-order valence-electron chi connectivity index (χ2n) is 29.8. The lowest BCUT2D eigenvalue weighted by molar-refractivity contribution is -0.141. The molecule has 1 rings (SSSR count). The average Bonchev–Trinajstić information content (AvgIpc) is 0.845. The van der Waals surface area contributed by atoms with Gasteiger partial charge in [0, 0.05) is 6.42 Å². The zero-order valence-electron chi connectivity index (χ0n) is 64.4. The van der Waals surface area contributed by atoms with Crippen LogP contribution in [0.5, 0.6) is 0 Å². The number of benzene rings is 1. The van der Waals surface area contributed by atoms with Crippen molar-refractivity contribution in [2.45, 2.75) is 262 Å². The molecule has 1 aromatic carbocycles. The molecule has 0 radical (unpaired) electrons. The van der Waals surface area contributed by atoms with Gasteiger partial charge in [-0.25, -0.2) is 0 Å². The number of nitrogens with one attached hydrogen (secondary N) is 13. The fourth-order valence-electron chi connectivity index (χ4n) is 10.7. The monoisotopic (exact) mass is 1470 g/mol. The SMILES string of the molecule is CC[C@H](C)[C@H](NC(=O)[C@H](Cc1ccccc1)NC(=O)[C@@H](NC(=O)[C@@H](NC(=O)[C@@H](NC(=O)[C@H](CC(C)C)NC(=O)[C@@H](NC(=O)[C@H](CC(C)C)NC(=O)[C@@H](NC(=O)[C@@H](N)CCSC)C(C)C)C(C)C)C(C)C)C(C)C)C(C)C)C(=O)N[C@@H](CC(C)C)C(=O)N[C@@H](CO)C(=O)N[C@@H](C)C(=O)N[C@@H](C)C(=O)O. The first kappa shape index (κ1) is 93.1. The molecule has 17 N–H and O–H groups in total. The summed E-state index contributed by atoms with van der Waals surface area (Å²) in [5.74, 6) is -14.5. The molecule has 0 fully saturated rings. The first-order valence-electron chi connectivity index (χ1n) is 36.0. The van der Waals surface area contributed by atoms with Crippen molar-refractivity contribution in [3.63, 3.8) is 0 Å². The van der Waals surface area contributed by atoms with Crippen LogP contribution in [-0.4, -0.2) is 196 Å². The van der Waals surface area contributed by atoms with Crippen molar-refractivity contribution in [3.05, 3.63) is 35.9 Å². The number of amides is 13. The number of carbonyl (C=O) groups is 14. The van der Waals surface area contributed by atoms with E-state index in [1.165, 1.54) is 25.6 Å². The van der Waals surface area contributed by atoms with Crippen molar-refractivity contribution in [2.75, 3.05) is 18.6 Å². The van der Waals surface area contributed by atoms with E-state index in [1.807, 2.05) is 34.0 Å². The summed E-state index contributed by atoms with van der Waals surface area (Å²) in [5, 5.41) is 54.0. The maximum Gasteiger partial charge on any atom is 0.325 e. The average molecular weight is 1470 g/mol. The van der Waals surface area contributed by atoms with Crippen LogP contribution < -0.4 is 74.9 Å². The number of carboxylic acid groups (broad SMARTS) is 1. The number of carbonyl (C=O) groups excluding carboxylic acids is 13. The van der Waals surface area contributed by atoms with Gasteiger partial charge in [0.05, 0.1) is 12.6 Å². The Hall–Kier alpha value is -7.93. The number of aliphatic carboxylic acids is 1. The van der Waals surface area contributed by atoms with Crippen LogP contribution in [0.3, 0.4) is 0 Å². The highest BCUT2D eigenvalue weighted by Crippen LogP contribution is 2.18. The fraction of sp³-hybridized carbons (Fsp3) is 0.722. The van der Waals surface area contributed by atoms with Gasteiger partial charge in [-0.3, -0.25) is 67.1 Å². The maximum atomic E-state index is 14.7. The summed E-state index contributed by atoms with van der Waals surface area (Å²) in [4.78, 5) is 194. The van der Waals surface area contributed by atoms with Crippen LogP contribution in [0.1, 0.15) is 176 Å². The minimum absolute atomic E-state index is 0.0209. The Morgan fingerprint density at radius 1 is 0.369 bits per heavy atom. The molecule has 13 amide bonds. The second kappa shape index (κ2) is 46.0. The molecule has 15 atom stereocenters. The van der Waals surface area contributed by atoms with Gasteiger partial charge < -0.3 is 85.1 Å². The van der Waals surface area contributed by atoms with Gasteiger partial charge in [-0.15, -0.1) is 0 Å². The molecular weight excluding hydrogens is 1350 g/mol. The Morgan fingerprint density at radius 2 is 0.660 bits per heavy atom. The van der Waals surface area contributed by atoms with E-state index in [1.54, 1.807) is 127 Å². The summed E-state index contributed by atoms with van der Waals surface area (Å²) in [6, 6.07) is -8.95. The van der Waals surface area contributed by atoms with E-state index in [2.05, 4.69) is 69.1 Å². The maximum absolute atomic E-state index is 14.7. The molecule has 0 saturated carbocycles. The lowest BCUT2D eigenvalue weighted by Gasteiger charge is -2.32. The van der Waals surface area contributed by atoms with Crippen LogP contribution in [0.25, 0.3) is 0 Å². The lowest BCUT2D eigenvalue weighted by atomic mass is 9.95. The van der Waals surface area contributed by atoms with Crippen molar-refractivity contribution in [3.8, 4) is 0 Å². The van der Waals surface area contributed by atoms with E-state index in [9.17, 15) is 77.3 Å². The van der Waals surface area contributed by atoms with Crippen molar-refractivity contribution >= 4 is 94.5 Å². The van der Waals surface area contributed by atoms with E-state index in [4.69, 9.17) is 5.73 Å². The Kier molecular flexibility index (Phi) is 41.6. The van der Waals surface area contributed by atoms with Crippen molar-refractivity contribution < 1.29 is 77.3 Å². The number of aliphatic hydroxyl groups is 1. The van der Waals surface area contributed by atoms with E-state index in [0.717, 1.165) is 0 Å². The van der Waals surface area contributed by atoms with Gasteiger partial charge in [0.25, 0.3) is 0 Å². The fourth-order valence-corrected chi connectivity index (χ4v) is 11.2. The molecule has 31 heteroatoms. The summed E-state index contributed by atoms with van der Waals surface area (Å²) in [6.45, 7) is 32.8. The van der Waals surface area contributed by atoms with Gasteiger partial charge in [-0.05, 0) is 110 Å². The Balaban J connectivity index is 3.55. The summed E-state index contributed by atoms with van der Waals surface area (Å²) >= 11 is 1.53. The lowest BCUT2D eigenvalue weighted by Crippen LogP contribution is -2.63. The summed E-state index contributed by atoms with van der Waals surface area (Å²) < 4.78 is 0. The van der Waals surface area contributed by atoms with Crippen LogP contribution >= 0.6 is 11.8 Å². The highest BCUT2D eigenvalue weighted by molar-refractivity contribution is 7.98. The first-order valence-corrected chi connectivity index (χ1v) is 37.4. The van der Waals surface area contributed by atoms with Crippen LogP contribution in [0.2, 0.25) is 0 Å². The molecule has 0 spiro atoms. The summed E-state index contributed by atoms with van der Waals surface area (Å²) in [6.07, 6.45) is 2.80. The minimum atomic E-state index is -1.62. The van der Waals surface area contributed by atoms with E-state index < -0.39 is 204 Å². The third kappa shape index (κ3) is 32.7. The molecular formula is C72H124N14O16S. The molecule has 103 heavy (non-hydrogen) atoms. The number of rotatable bonds is 46. The van der Waals surface area contributed by atoms with Crippen molar-refractivity contribution in [1.82, 2.24) is 69.1 Å². The normalized spacial score (nSPS) is 16.0. The van der Waals surface area contributed by atoms with E-state index in [-0.39, 0.29) is 49.4 Å². The van der Waals surface area contributed by atoms with Gasteiger partial charge in [-0.2, -0.15) is 11.8 Å². The third-order valence-corrected chi connectivity index (χ3v) is 17.9. The van der Waals surface area contributed by atoms with E-state index >= 15 is 0 Å². The second-order valence-corrected chi connectivity index (χ2v) is 30.8. The van der Waals surface area contributed by atoms with E-state index in [0.29, 0.717) is 24.2 Å². The molecule has 0 aliphatic rings. The molecule has 0 heterocycles. The van der Waals surface area contributed by atoms with Gasteiger partial charge in [0.15, 0.2) is 0 Å². The van der Waals surface area contributed by atoms with Crippen LogP contribution in [0.4, 0.5) is 0 Å². The molecule has 30 nitrogen and oxygen atoms in total. The zero-order chi connectivity index (χ0) is 79.0. The molecule has 584 valence electrons. The Labute approximate surface area is 613 Å². The topological polar surface area (TPSA) is 462 Å². The minimum Gasteiger partial charge on any atom is -0.480 e. The van der Waals surface area contributed by atoms with Crippen LogP contribution in [0.15, 0.2) is 30.3 Å².